The second kappa shape index (κ2) is 4.08. The molecular formula is C14H21N3O2S. The van der Waals surface area contributed by atoms with Gasteiger partial charge < -0.3 is 10.3 Å². The van der Waals surface area contributed by atoms with Gasteiger partial charge in [-0.3, -0.25) is 0 Å². The molecule has 1 aromatic rings. The zero-order valence-corrected chi connectivity index (χ0v) is 12.4. The van der Waals surface area contributed by atoms with Gasteiger partial charge in [-0.05, 0) is 49.0 Å². The third-order valence-corrected chi connectivity index (χ3v) is 7.06. The van der Waals surface area contributed by atoms with Crippen LogP contribution in [0, 0.1) is 23.7 Å². The highest BCUT2D eigenvalue weighted by Gasteiger charge is 2.65. The monoisotopic (exact) mass is 295 g/mol. The first-order chi connectivity index (χ1) is 9.51. The predicted molar refractivity (Wildman–Crippen MR) is 75.2 cm³/mol. The molecule has 4 rings (SSSR count). The van der Waals surface area contributed by atoms with Crippen molar-refractivity contribution in [2.75, 3.05) is 0 Å². The van der Waals surface area contributed by atoms with Crippen LogP contribution in [0.2, 0.25) is 0 Å². The van der Waals surface area contributed by atoms with E-state index in [9.17, 15) is 8.42 Å². The van der Waals surface area contributed by atoms with E-state index in [2.05, 4.69) is 4.72 Å². The lowest BCUT2D eigenvalue weighted by Crippen LogP contribution is -2.29. The van der Waals surface area contributed by atoms with E-state index in [1.54, 1.807) is 16.8 Å². The molecule has 3 fully saturated rings. The first kappa shape index (κ1) is 12.9. The number of rotatable bonds is 4. The summed E-state index contributed by atoms with van der Waals surface area (Å²) in [5, 5.41) is 0. The molecule has 0 aromatic carbocycles. The van der Waals surface area contributed by atoms with Crippen LogP contribution in [-0.4, -0.2) is 19.0 Å². The van der Waals surface area contributed by atoms with Gasteiger partial charge in [0.15, 0.2) is 0 Å². The lowest BCUT2D eigenvalue weighted by Gasteiger charge is -2.10. The summed E-state index contributed by atoms with van der Waals surface area (Å²) < 4.78 is 29.6. The quantitative estimate of drug-likeness (QED) is 0.863. The molecule has 6 heteroatoms. The van der Waals surface area contributed by atoms with Crippen LogP contribution >= 0.6 is 0 Å². The van der Waals surface area contributed by atoms with Gasteiger partial charge in [-0.2, -0.15) is 0 Å². The molecule has 0 amide bonds. The topological polar surface area (TPSA) is 77.1 Å². The maximum absolute atomic E-state index is 12.5. The molecule has 4 atom stereocenters. The van der Waals surface area contributed by atoms with Crippen LogP contribution in [-0.2, 0) is 23.6 Å². The van der Waals surface area contributed by atoms with Gasteiger partial charge in [0.25, 0.3) is 0 Å². The summed E-state index contributed by atoms with van der Waals surface area (Å²) in [5.74, 6) is 2.77. The third-order valence-electron chi connectivity index (χ3n) is 5.63. The maximum atomic E-state index is 12.5. The molecule has 1 aromatic heterocycles. The normalized spacial score (nSPS) is 38.2. The van der Waals surface area contributed by atoms with Crippen LogP contribution in [0.4, 0.5) is 0 Å². The van der Waals surface area contributed by atoms with Gasteiger partial charge >= 0.3 is 0 Å². The lowest BCUT2D eigenvalue weighted by atomic mass is 10.0. The van der Waals surface area contributed by atoms with Gasteiger partial charge in [0.1, 0.15) is 0 Å². The Labute approximate surface area is 119 Å². The van der Waals surface area contributed by atoms with Crippen molar-refractivity contribution >= 4 is 10.0 Å². The highest BCUT2D eigenvalue weighted by Crippen LogP contribution is 2.65. The van der Waals surface area contributed by atoms with Crippen molar-refractivity contribution in [2.45, 2.75) is 36.7 Å². The van der Waals surface area contributed by atoms with E-state index in [1.165, 1.54) is 19.3 Å². The Balaban J connectivity index is 1.53. The van der Waals surface area contributed by atoms with Gasteiger partial charge in [-0.25, -0.2) is 13.1 Å². The maximum Gasteiger partial charge on any atom is 0.242 e. The van der Waals surface area contributed by atoms with Crippen molar-refractivity contribution in [3.8, 4) is 0 Å². The van der Waals surface area contributed by atoms with Crippen molar-refractivity contribution in [3.05, 3.63) is 18.0 Å². The Morgan fingerprint density at radius 1 is 1.35 bits per heavy atom. The minimum absolute atomic E-state index is 0.188. The van der Waals surface area contributed by atoms with E-state index in [0.717, 1.165) is 17.5 Å². The van der Waals surface area contributed by atoms with E-state index in [0.29, 0.717) is 23.3 Å². The summed E-state index contributed by atoms with van der Waals surface area (Å²) in [4.78, 5) is 0.345. The highest BCUT2D eigenvalue weighted by molar-refractivity contribution is 7.89. The van der Waals surface area contributed by atoms with Crippen molar-refractivity contribution in [2.24, 2.45) is 36.5 Å². The zero-order valence-electron chi connectivity index (χ0n) is 11.6. The van der Waals surface area contributed by atoms with Gasteiger partial charge in [-0.1, -0.05) is 0 Å². The molecule has 5 nitrogen and oxygen atoms in total. The largest absolute Gasteiger partial charge is 0.352 e. The Morgan fingerprint density at radius 3 is 2.55 bits per heavy atom. The number of nitrogens with two attached hydrogens (primary N) is 1. The van der Waals surface area contributed by atoms with Gasteiger partial charge in [-0.15, -0.1) is 0 Å². The van der Waals surface area contributed by atoms with Crippen molar-refractivity contribution < 1.29 is 8.42 Å². The number of nitrogens with zero attached hydrogens (tertiary/aromatic N) is 1. The van der Waals surface area contributed by atoms with E-state index in [-0.39, 0.29) is 6.04 Å². The number of aromatic nitrogens is 1. The van der Waals surface area contributed by atoms with E-state index >= 15 is 0 Å². The molecule has 4 unspecified atom stereocenters. The van der Waals surface area contributed by atoms with Crippen LogP contribution in [0.25, 0.3) is 0 Å². The van der Waals surface area contributed by atoms with Crippen LogP contribution in [0.1, 0.15) is 25.0 Å². The highest BCUT2D eigenvalue weighted by atomic mass is 32.2. The molecule has 0 aliphatic heterocycles. The molecule has 3 saturated carbocycles. The average Bonchev–Trinajstić information content (AvgIpc) is 2.81. The van der Waals surface area contributed by atoms with Gasteiger partial charge in [0.2, 0.25) is 10.0 Å². The predicted octanol–water partition coefficient (Wildman–Crippen LogP) is 0.807. The molecule has 1 heterocycles. The average molecular weight is 295 g/mol. The molecule has 0 radical (unpaired) electrons. The standard InChI is InChI=1S/C14H21N3O2S/c1-17-7-11(5-10(17)6-15)20(18,19)16-14-12-8-2-3-9(4-8)13(12)14/h5,7-9,12-14,16H,2-4,6,15H2,1H3. The Bertz CT molecular complexity index is 635. The number of aryl methyl sites for hydroxylation is 1. The summed E-state index contributed by atoms with van der Waals surface area (Å²) in [6, 6.07) is 1.86. The molecule has 110 valence electrons. The Morgan fingerprint density at radius 2 is 2.00 bits per heavy atom. The summed E-state index contributed by atoms with van der Waals surface area (Å²) in [6.07, 6.45) is 5.58. The van der Waals surface area contributed by atoms with Gasteiger partial charge in [0, 0.05) is 31.5 Å². The number of sulfonamides is 1. The zero-order chi connectivity index (χ0) is 14.1. The second-order valence-corrected chi connectivity index (χ2v) is 8.33. The second-order valence-electron chi connectivity index (χ2n) is 6.62. The van der Waals surface area contributed by atoms with Crippen molar-refractivity contribution in [1.82, 2.24) is 9.29 Å². The molecule has 20 heavy (non-hydrogen) atoms. The summed E-state index contributed by atoms with van der Waals surface area (Å²) >= 11 is 0. The molecular weight excluding hydrogens is 274 g/mol. The molecule has 0 spiro atoms. The summed E-state index contributed by atoms with van der Waals surface area (Å²) in [7, 11) is -1.57. The fourth-order valence-corrected chi connectivity index (χ4v) is 6.05. The first-order valence-electron chi connectivity index (χ1n) is 7.39. The van der Waals surface area contributed by atoms with Crippen LogP contribution in [0.3, 0.4) is 0 Å². The third kappa shape index (κ3) is 1.71. The van der Waals surface area contributed by atoms with Crippen LogP contribution in [0.5, 0.6) is 0 Å². The minimum Gasteiger partial charge on any atom is -0.352 e. The van der Waals surface area contributed by atoms with Gasteiger partial charge in [0.05, 0.1) is 4.90 Å². The fraction of sp³-hybridized carbons (Fsp3) is 0.714. The van der Waals surface area contributed by atoms with E-state index < -0.39 is 10.0 Å². The van der Waals surface area contributed by atoms with Crippen LogP contribution in [0.15, 0.2) is 17.2 Å². The van der Waals surface area contributed by atoms with E-state index in [1.807, 2.05) is 7.05 Å². The Kier molecular flexibility index (Phi) is 2.63. The summed E-state index contributed by atoms with van der Waals surface area (Å²) in [5.41, 5.74) is 6.44. The Hall–Kier alpha value is -0.850. The molecule has 0 saturated heterocycles. The van der Waals surface area contributed by atoms with E-state index in [4.69, 9.17) is 5.73 Å². The summed E-state index contributed by atoms with van der Waals surface area (Å²) in [6.45, 7) is 0.352. The molecule has 3 N–H and O–H groups in total. The SMILES string of the molecule is Cn1cc(S(=O)(=O)NC2C3C4CCC(C4)C23)cc1CN. The lowest BCUT2D eigenvalue weighted by molar-refractivity contribution is 0.456. The van der Waals surface area contributed by atoms with Crippen LogP contribution < -0.4 is 10.5 Å². The number of nitrogens with one attached hydrogen (secondary N) is 1. The smallest absolute Gasteiger partial charge is 0.242 e. The van der Waals surface area contributed by atoms with Crippen molar-refractivity contribution in [1.29, 1.82) is 0 Å². The fourth-order valence-electron chi connectivity index (χ4n) is 4.66. The molecule has 3 aliphatic carbocycles. The van der Waals surface area contributed by atoms with Crippen molar-refractivity contribution in [3.63, 3.8) is 0 Å². The molecule has 2 bridgehead atoms. The first-order valence-corrected chi connectivity index (χ1v) is 8.87. The number of fused-ring (bicyclic) bond motifs is 5. The number of hydrogen-bond acceptors (Lipinski definition) is 3. The molecule has 3 aliphatic rings. The minimum atomic E-state index is -3.40. The number of hydrogen-bond donors (Lipinski definition) is 2.